The van der Waals surface area contributed by atoms with Crippen molar-refractivity contribution in [1.29, 1.82) is 0 Å². The molecule has 0 radical (unpaired) electrons. The Morgan fingerprint density at radius 1 is 1.18 bits per heavy atom. The highest BCUT2D eigenvalue weighted by Gasteiger charge is 2.15. The quantitative estimate of drug-likeness (QED) is 0.746. The number of nitrogens with one attached hydrogen (secondary N) is 1. The van der Waals surface area contributed by atoms with E-state index in [1.807, 2.05) is 23.8 Å². The van der Waals surface area contributed by atoms with Gasteiger partial charge in [0.1, 0.15) is 5.69 Å². The van der Waals surface area contributed by atoms with Crippen LogP contribution in [0.4, 0.5) is 0 Å². The number of piperazine rings is 1. The number of hydrogen-bond acceptors (Lipinski definition) is 3. The Hall–Kier alpha value is -0.850. The van der Waals surface area contributed by atoms with Gasteiger partial charge >= 0.3 is 0 Å². The number of likely N-dealkylation sites (N-methyl/N-ethyl adjacent to an activating group) is 1. The molecule has 1 aliphatic heterocycles. The molecule has 6 heteroatoms. The summed E-state index contributed by atoms with van der Waals surface area (Å²) in [5.41, 5.74) is 0.728. The Balaban J connectivity index is 1.67. The number of aromatic nitrogens is 1. The van der Waals surface area contributed by atoms with Crippen LogP contribution in [-0.2, 0) is 6.54 Å². The Morgan fingerprint density at radius 2 is 1.86 bits per heavy atom. The topological polar surface area (TPSA) is 40.5 Å². The van der Waals surface area contributed by atoms with Gasteiger partial charge in [-0.1, -0.05) is 6.92 Å². The van der Waals surface area contributed by atoms with Crippen molar-refractivity contribution in [2.75, 3.05) is 45.8 Å². The first-order valence-corrected chi connectivity index (χ1v) is 9.02. The second-order valence-corrected chi connectivity index (χ2v) is 6.63. The van der Waals surface area contributed by atoms with Crippen LogP contribution in [0, 0.1) is 0 Å². The summed E-state index contributed by atoms with van der Waals surface area (Å²) in [6.07, 6.45) is 2.95. The number of halogens is 1. The molecule has 1 aromatic heterocycles. The molecule has 2 rings (SSSR count). The highest BCUT2D eigenvalue weighted by Crippen LogP contribution is 2.14. The molecule has 1 aliphatic rings. The second-order valence-electron chi connectivity index (χ2n) is 5.71. The van der Waals surface area contributed by atoms with Crippen molar-refractivity contribution in [3.8, 4) is 0 Å². The molecule has 1 aromatic rings. The Kier molecular flexibility index (Phi) is 6.92. The van der Waals surface area contributed by atoms with Gasteiger partial charge in [0.05, 0.1) is 0 Å². The minimum Gasteiger partial charge on any atom is -0.351 e. The monoisotopic (exact) mass is 370 g/mol. The summed E-state index contributed by atoms with van der Waals surface area (Å²) in [6, 6.07) is 1.88. The molecule has 5 nitrogen and oxygen atoms in total. The van der Waals surface area contributed by atoms with Crippen LogP contribution in [0.5, 0.6) is 0 Å². The molecule has 1 saturated heterocycles. The molecule has 0 unspecified atom stereocenters. The molecule has 0 atom stereocenters. The van der Waals surface area contributed by atoms with Crippen LogP contribution in [0.1, 0.15) is 30.8 Å². The zero-order chi connectivity index (χ0) is 15.9. The molecule has 0 bridgehead atoms. The lowest BCUT2D eigenvalue weighted by Gasteiger charge is -2.33. The summed E-state index contributed by atoms with van der Waals surface area (Å²) >= 11 is 3.43. The van der Waals surface area contributed by atoms with E-state index in [1.54, 1.807) is 0 Å². The third-order valence-electron chi connectivity index (χ3n) is 4.29. The molecule has 0 spiro atoms. The predicted octanol–water partition coefficient (Wildman–Crippen LogP) is 2.03. The molecule has 2 heterocycles. The first kappa shape index (κ1) is 17.5. The molecular formula is C16H27BrN4O. The number of hydrogen-bond donors (Lipinski definition) is 1. The third-order valence-corrected chi connectivity index (χ3v) is 4.72. The van der Waals surface area contributed by atoms with Gasteiger partial charge in [-0.3, -0.25) is 4.79 Å². The fraction of sp³-hybridized carbons (Fsp3) is 0.688. The number of rotatable bonds is 7. The van der Waals surface area contributed by atoms with Gasteiger partial charge < -0.3 is 19.7 Å². The first-order valence-electron chi connectivity index (χ1n) is 8.22. The van der Waals surface area contributed by atoms with E-state index >= 15 is 0 Å². The first-order chi connectivity index (χ1) is 10.6. The summed E-state index contributed by atoms with van der Waals surface area (Å²) in [6.45, 7) is 12.6. The van der Waals surface area contributed by atoms with E-state index in [2.05, 4.69) is 38.0 Å². The zero-order valence-corrected chi connectivity index (χ0v) is 15.2. The van der Waals surface area contributed by atoms with Crippen LogP contribution >= 0.6 is 15.9 Å². The van der Waals surface area contributed by atoms with Crippen molar-refractivity contribution in [3.63, 3.8) is 0 Å². The van der Waals surface area contributed by atoms with Gasteiger partial charge in [0.25, 0.3) is 5.91 Å². The van der Waals surface area contributed by atoms with Gasteiger partial charge in [-0.2, -0.15) is 0 Å². The van der Waals surface area contributed by atoms with Crippen LogP contribution in [0.25, 0.3) is 0 Å². The molecule has 0 aromatic carbocycles. The van der Waals surface area contributed by atoms with Crippen LogP contribution in [-0.4, -0.2) is 66.1 Å². The molecule has 1 fully saturated rings. The van der Waals surface area contributed by atoms with E-state index in [0.29, 0.717) is 0 Å². The van der Waals surface area contributed by atoms with Crippen molar-refractivity contribution in [3.05, 3.63) is 22.4 Å². The SMILES string of the molecule is CCN1CCN(CCCNC(=O)c2cc(Br)cn2CC)CC1. The summed E-state index contributed by atoms with van der Waals surface area (Å²) in [4.78, 5) is 17.2. The van der Waals surface area contributed by atoms with Crippen molar-refractivity contribution in [2.45, 2.75) is 26.8 Å². The van der Waals surface area contributed by atoms with E-state index in [0.717, 1.165) is 55.9 Å². The van der Waals surface area contributed by atoms with Gasteiger partial charge in [-0.05, 0) is 48.4 Å². The highest BCUT2D eigenvalue weighted by molar-refractivity contribution is 9.10. The minimum atomic E-state index is 0.0170. The van der Waals surface area contributed by atoms with Crippen molar-refractivity contribution >= 4 is 21.8 Å². The lowest BCUT2D eigenvalue weighted by Crippen LogP contribution is -2.46. The predicted molar refractivity (Wildman–Crippen MR) is 93.3 cm³/mol. The lowest BCUT2D eigenvalue weighted by atomic mass is 10.3. The number of amides is 1. The average Bonchev–Trinajstić information content (AvgIpc) is 2.93. The van der Waals surface area contributed by atoms with Gasteiger partial charge in [-0.25, -0.2) is 0 Å². The molecule has 1 amide bonds. The largest absolute Gasteiger partial charge is 0.351 e. The standard InChI is InChI=1S/C16H27BrN4O/c1-3-19-8-10-20(11-9-19)7-5-6-18-16(22)15-12-14(17)13-21(15)4-2/h12-13H,3-11H2,1-2H3,(H,18,22). The molecule has 0 aliphatic carbocycles. The number of aryl methyl sites for hydroxylation is 1. The summed E-state index contributed by atoms with van der Waals surface area (Å²) in [7, 11) is 0. The average molecular weight is 371 g/mol. The zero-order valence-electron chi connectivity index (χ0n) is 13.6. The normalized spacial score (nSPS) is 16.9. The van der Waals surface area contributed by atoms with Gasteiger partial charge in [0.2, 0.25) is 0 Å². The summed E-state index contributed by atoms with van der Waals surface area (Å²) in [5.74, 6) is 0.0170. The number of carbonyl (C=O) groups is 1. The Labute approximate surface area is 141 Å². The van der Waals surface area contributed by atoms with E-state index in [4.69, 9.17) is 0 Å². The van der Waals surface area contributed by atoms with Crippen LogP contribution in [0.15, 0.2) is 16.7 Å². The maximum absolute atomic E-state index is 12.2. The van der Waals surface area contributed by atoms with Crippen molar-refractivity contribution < 1.29 is 4.79 Å². The summed E-state index contributed by atoms with van der Waals surface area (Å²) in [5, 5.41) is 3.03. The van der Waals surface area contributed by atoms with Crippen LogP contribution in [0.2, 0.25) is 0 Å². The fourth-order valence-electron chi connectivity index (χ4n) is 2.85. The molecule has 0 saturated carbocycles. The van der Waals surface area contributed by atoms with E-state index in [-0.39, 0.29) is 5.91 Å². The van der Waals surface area contributed by atoms with E-state index in [1.165, 1.54) is 13.1 Å². The Morgan fingerprint density at radius 3 is 2.50 bits per heavy atom. The Bertz CT molecular complexity index is 480. The molecular weight excluding hydrogens is 344 g/mol. The van der Waals surface area contributed by atoms with Gasteiger partial charge in [-0.15, -0.1) is 0 Å². The summed E-state index contributed by atoms with van der Waals surface area (Å²) < 4.78 is 2.91. The fourth-order valence-corrected chi connectivity index (χ4v) is 3.32. The van der Waals surface area contributed by atoms with Crippen molar-refractivity contribution in [1.82, 2.24) is 19.7 Å². The third kappa shape index (κ3) is 4.83. The maximum atomic E-state index is 12.2. The molecule has 124 valence electrons. The smallest absolute Gasteiger partial charge is 0.267 e. The second kappa shape index (κ2) is 8.70. The molecule has 22 heavy (non-hydrogen) atoms. The minimum absolute atomic E-state index is 0.0170. The lowest BCUT2D eigenvalue weighted by molar-refractivity contribution is 0.0939. The number of nitrogens with zero attached hydrogens (tertiary/aromatic N) is 3. The molecule has 1 N–H and O–H groups in total. The van der Waals surface area contributed by atoms with Crippen LogP contribution < -0.4 is 5.32 Å². The highest BCUT2D eigenvalue weighted by atomic mass is 79.9. The number of carbonyl (C=O) groups excluding carboxylic acids is 1. The van der Waals surface area contributed by atoms with Gasteiger partial charge in [0, 0.05) is 49.9 Å². The van der Waals surface area contributed by atoms with E-state index < -0.39 is 0 Å². The van der Waals surface area contributed by atoms with E-state index in [9.17, 15) is 4.79 Å². The maximum Gasteiger partial charge on any atom is 0.267 e. The van der Waals surface area contributed by atoms with Crippen molar-refractivity contribution in [2.24, 2.45) is 0 Å². The van der Waals surface area contributed by atoms with Gasteiger partial charge in [0.15, 0.2) is 0 Å². The van der Waals surface area contributed by atoms with Crippen LogP contribution in [0.3, 0.4) is 0 Å².